The Balaban J connectivity index is 2.79. The standard InChI is InChI=1S/C9H12ClN3O2/c1-12(2)11-6-7-3-4-8(13(14)15)5-9(7)10/h3-5,11H,6H2,1-2H3. The molecular weight excluding hydrogens is 218 g/mol. The third kappa shape index (κ3) is 3.47. The normalized spacial score (nSPS) is 10.7. The number of hydrogen-bond acceptors (Lipinski definition) is 4. The highest BCUT2D eigenvalue weighted by Gasteiger charge is 2.08. The van der Waals surface area contributed by atoms with Gasteiger partial charge in [-0.1, -0.05) is 11.6 Å². The molecule has 0 saturated heterocycles. The molecule has 1 N–H and O–H groups in total. The van der Waals surface area contributed by atoms with E-state index in [-0.39, 0.29) is 5.69 Å². The maximum Gasteiger partial charge on any atom is 0.270 e. The highest BCUT2D eigenvalue weighted by molar-refractivity contribution is 6.31. The predicted octanol–water partition coefficient (Wildman–Crippen LogP) is 1.81. The Labute approximate surface area is 92.8 Å². The molecule has 0 aliphatic carbocycles. The van der Waals surface area contributed by atoms with E-state index in [1.54, 1.807) is 11.1 Å². The lowest BCUT2D eigenvalue weighted by atomic mass is 10.2. The second kappa shape index (κ2) is 5.06. The van der Waals surface area contributed by atoms with E-state index in [9.17, 15) is 10.1 Å². The Morgan fingerprint density at radius 1 is 1.53 bits per heavy atom. The fourth-order valence-corrected chi connectivity index (χ4v) is 1.28. The topological polar surface area (TPSA) is 58.4 Å². The van der Waals surface area contributed by atoms with E-state index in [0.717, 1.165) is 5.56 Å². The molecule has 82 valence electrons. The first kappa shape index (κ1) is 11.9. The minimum absolute atomic E-state index is 0.00797. The number of nitro benzene ring substituents is 1. The summed E-state index contributed by atoms with van der Waals surface area (Å²) in [4.78, 5) is 9.99. The summed E-state index contributed by atoms with van der Waals surface area (Å²) >= 11 is 5.89. The molecule has 0 unspecified atom stereocenters. The van der Waals surface area contributed by atoms with Crippen molar-refractivity contribution >= 4 is 17.3 Å². The fraction of sp³-hybridized carbons (Fsp3) is 0.333. The van der Waals surface area contributed by atoms with Crippen LogP contribution in [0.1, 0.15) is 5.56 Å². The third-order valence-corrected chi connectivity index (χ3v) is 2.19. The molecular formula is C9H12ClN3O2. The van der Waals surface area contributed by atoms with Crippen LogP contribution in [-0.4, -0.2) is 24.0 Å². The van der Waals surface area contributed by atoms with Crippen molar-refractivity contribution in [2.45, 2.75) is 6.54 Å². The van der Waals surface area contributed by atoms with Gasteiger partial charge in [0.25, 0.3) is 5.69 Å². The van der Waals surface area contributed by atoms with Gasteiger partial charge in [-0.3, -0.25) is 20.5 Å². The minimum atomic E-state index is -0.463. The molecule has 6 heteroatoms. The number of non-ortho nitro benzene ring substituents is 1. The molecule has 0 heterocycles. The van der Waals surface area contributed by atoms with Crippen molar-refractivity contribution < 1.29 is 4.92 Å². The number of hydrogen-bond donors (Lipinski definition) is 1. The lowest BCUT2D eigenvalue weighted by molar-refractivity contribution is -0.384. The summed E-state index contributed by atoms with van der Waals surface area (Å²) in [6.07, 6.45) is 0. The first-order valence-electron chi connectivity index (χ1n) is 4.34. The van der Waals surface area contributed by atoms with Gasteiger partial charge >= 0.3 is 0 Å². The Kier molecular flexibility index (Phi) is 4.02. The molecule has 1 rings (SSSR count). The summed E-state index contributed by atoms with van der Waals surface area (Å²) in [5.41, 5.74) is 3.87. The Hall–Kier alpha value is -1.17. The zero-order valence-corrected chi connectivity index (χ0v) is 9.28. The van der Waals surface area contributed by atoms with Crippen molar-refractivity contribution in [3.05, 3.63) is 38.9 Å². The first-order chi connectivity index (χ1) is 7.00. The van der Waals surface area contributed by atoms with Crippen LogP contribution in [0.5, 0.6) is 0 Å². The summed E-state index contributed by atoms with van der Waals surface area (Å²) in [5.74, 6) is 0. The van der Waals surface area contributed by atoms with Gasteiger partial charge in [-0.25, -0.2) is 0 Å². The van der Waals surface area contributed by atoms with Gasteiger partial charge in [-0.15, -0.1) is 0 Å². The van der Waals surface area contributed by atoms with Gasteiger partial charge in [0.05, 0.1) is 9.95 Å². The average Bonchev–Trinajstić information content (AvgIpc) is 2.15. The molecule has 0 fully saturated rings. The first-order valence-corrected chi connectivity index (χ1v) is 4.72. The number of nitro groups is 1. The molecule has 15 heavy (non-hydrogen) atoms. The van der Waals surface area contributed by atoms with Gasteiger partial charge in [0.15, 0.2) is 0 Å². The van der Waals surface area contributed by atoms with Crippen LogP contribution < -0.4 is 5.43 Å². The van der Waals surface area contributed by atoms with E-state index < -0.39 is 4.92 Å². The number of nitrogens with one attached hydrogen (secondary N) is 1. The molecule has 0 radical (unpaired) electrons. The number of benzene rings is 1. The monoisotopic (exact) mass is 229 g/mol. The molecule has 0 aromatic heterocycles. The van der Waals surface area contributed by atoms with Crippen molar-refractivity contribution in [1.29, 1.82) is 0 Å². The fourth-order valence-electron chi connectivity index (χ4n) is 1.04. The zero-order valence-electron chi connectivity index (χ0n) is 8.53. The maximum absolute atomic E-state index is 10.5. The molecule has 0 amide bonds. The lowest BCUT2D eigenvalue weighted by Gasteiger charge is -2.12. The van der Waals surface area contributed by atoms with Crippen LogP contribution in [0.15, 0.2) is 18.2 Å². The van der Waals surface area contributed by atoms with E-state index in [0.29, 0.717) is 11.6 Å². The largest absolute Gasteiger partial charge is 0.270 e. The van der Waals surface area contributed by atoms with E-state index in [2.05, 4.69) is 5.43 Å². The van der Waals surface area contributed by atoms with Gasteiger partial charge < -0.3 is 0 Å². The molecule has 0 bridgehead atoms. The second-order valence-corrected chi connectivity index (χ2v) is 3.67. The van der Waals surface area contributed by atoms with Crippen LogP contribution >= 0.6 is 11.6 Å². The Morgan fingerprint density at radius 2 is 2.20 bits per heavy atom. The Morgan fingerprint density at radius 3 is 2.67 bits per heavy atom. The van der Waals surface area contributed by atoms with E-state index in [1.807, 2.05) is 14.1 Å². The van der Waals surface area contributed by atoms with Crippen molar-refractivity contribution in [2.75, 3.05) is 14.1 Å². The van der Waals surface area contributed by atoms with Gasteiger partial charge in [0.2, 0.25) is 0 Å². The number of rotatable bonds is 4. The highest BCUT2D eigenvalue weighted by Crippen LogP contribution is 2.22. The van der Waals surface area contributed by atoms with E-state index >= 15 is 0 Å². The van der Waals surface area contributed by atoms with Crippen LogP contribution in [0.4, 0.5) is 5.69 Å². The second-order valence-electron chi connectivity index (χ2n) is 3.26. The molecule has 1 aromatic rings. The predicted molar refractivity (Wildman–Crippen MR) is 58.6 cm³/mol. The molecule has 1 aromatic carbocycles. The van der Waals surface area contributed by atoms with E-state index in [4.69, 9.17) is 11.6 Å². The van der Waals surface area contributed by atoms with Crippen molar-refractivity contribution in [3.8, 4) is 0 Å². The smallest absolute Gasteiger partial charge is 0.258 e. The quantitative estimate of drug-likeness (QED) is 0.632. The van der Waals surface area contributed by atoms with E-state index in [1.165, 1.54) is 12.1 Å². The highest BCUT2D eigenvalue weighted by atomic mass is 35.5. The van der Waals surface area contributed by atoms with Gasteiger partial charge in [0, 0.05) is 32.8 Å². The summed E-state index contributed by atoms with van der Waals surface area (Å²) in [6, 6.07) is 4.45. The zero-order chi connectivity index (χ0) is 11.4. The molecule has 0 atom stereocenters. The maximum atomic E-state index is 10.5. The summed E-state index contributed by atoms with van der Waals surface area (Å²) in [5, 5.41) is 12.6. The molecule has 5 nitrogen and oxygen atoms in total. The number of nitrogens with zero attached hydrogens (tertiary/aromatic N) is 2. The van der Waals surface area contributed by atoms with Crippen LogP contribution in [0, 0.1) is 10.1 Å². The molecule has 0 aliphatic heterocycles. The third-order valence-electron chi connectivity index (χ3n) is 1.83. The van der Waals surface area contributed by atoms with Crippen LogP contribution in [0.3, 0.4) is 0 Å². The van der Waals surface area contributed by atoms with Crippen molar-refractivity contribution in [1.82, 2.24) is 10.4 Å². The Bertz CT molecular complexity index is 368. The average molecular weight is 230 g/mol. The molecule has 0 saturated carbocycles. The number of hydrazine groups is 1. The summed E-state index contributed by atoms with van der Waals surface area (Å²) in [7, 11) is 3.72. The van der Waals surface area contributed by atoms with Gasteiger partial charge in [-0.2, -0.15) is 0 Å². The lowest BCUT2D eigenvalue weighted by Crippen LogP contribution is -2.29. The summed E-state index contributed by atoms with van der Waals surface area (Å²) < 4.78 is 0. The number of halogens is 1. The minimum Gasteiger partial charge on any atom is -0.258 e. The van der Waals surface area contributed by atoms with Gasteiger partial charge in [-0.05, 0) is 11.6 Å². The van der Waals surface area contributed by atoms with Crippen LogP contribution in [0.2, 0.25) is 5.02 Å². The van der Waals surface area contributed by atoms with Gasteiger partial charge in [0.1, 0.15) is 0 Å². The SMILES string of the molecule is CN(C)NCc1ccc([N+](=O)[O-])cc1Cl. The molecule has 0 aliphatic rings. The van der Waals surface area contributed by atoms with Crippen LogP contribution in [0.25, 0.3) is 0 Å². The van der Waals surface area contributed by atoms with Crippen molar-refractivity contribution in [2.24, 2.45) is 0 Å². The van der Waals surface area contributed by atoms with Crippen LogP contribution in [-0.2, 0) is 6.54 Å². The summed E-state index contributed by atoms with van der Waals surface area (Å²) in [6.45, 7) is 0.545. The van der Waals surface area contributed by atoms with Crippen molar-refractivity contribution in [3.63, 3.8) is 0 Å². The molecule has 0 spiro atoms.